The molecule has 5 rings (SSSR count). The van der Waals surface area contributed by atoms with Crippen molar-refractivity contribution in [3.8, 4) is 16.9 Å². The number of para-hydroxylation sites is 1. The molecule has 2 aromatic heterocycles. The minimum atomic E-state index is -0.147. The van der Waals surface area contributed by atoms with Gasteiger partial charge in [-0.1, -0.05) is 60.7 Å². The Morgan fingerprint density at radius 3 is 2.44 bits per heavy atom. The van der Waals surface area contributed by atoms with Crippen LogP contribution in [0.4, 0.5) is 0 Å². The fraction of sp³-hybridized carbons (Fsp3) is 0.0741. The lowest BCUT2D eigenvalue weighted by atomic mass is 10.0. The van der Waals surface area contributed by atoms with Gasteiger partial charge in [-0.25, -0.2) is 9.97 Å². The molecular formula is C27H22N4O. The molecule has 0 aliphatic carbocycles. The van der Waals surface area contributed by atoms with Gasteiger partial charge in [-0.15, -0.1) is 0 Å². The molecule has 0 spiro atoms. The fourth-order valence-corrected chi connectivity index (χ4v) is 3.82. The largest absolute Gasteiger partial charge is 0.345 e. The number of carbonyl (C=O) groups excluding carboxylic acids is 1. The first-order valence-corrected chi connectivity index (χ1v) is 10.5. The highest BCUT2D eigenvalue weighted by atomic mass is 16.1. The third-order valence-corrected chi connectivity index (χ3v) is 5.57. The molecule has 1 atom stereocenters. The van der Waals surface area contributed by atoms with E-state index in [9.17, 15) is 4.79 Å². The second kappa shape index (κ2) is 8.47. The van der Waals surface area contributed by atoms with Crippen LogP contribution in [0.1, 0.15) is 28.9 Å². The molecular weight excluding hydrogens is 396 g/mol. The lowest BCUT2D eigenvalue weighted by molar-refractivity contribution is 0.0941. The number of rotatable bonds is 5. The number of benzene rings is 3. The van der Waals surface area contributed by atoms with Crippen molar-refractivity contribution in [2.45, 2.75) is 13.0 Å². The summed E-state index contributed by atoms with van der Waals surface area (Å²) < 4.78 is 1.95. The van der Waals surface area contributed by atoms with E-state index in [0.717, 1.165) is 33.4 Å². The highest BCUT2D eigenvalue weighted by molar-refractivity contribution is 6.07. The van der Waals surface area contributed by atoms with Crippen molar-refractivity contribution in [3.63, 3.8) is 0 Å². The third-order valence-electron chi connectivity index (χ3n) is 5.57. The Morgan fingerprint density at radius 1 is 0.938 bits per heavy atom. The molecule has 32 heavy (non-hydrogen) atoms. The SMILES string of the molecule is CC(NC(=O)c1cc(-c2ccccc2)nc2ccccc12)c1ccc(-n2ccnc2)cc1. The van der Waals surface area contributed by atoms with Gasteiger partial charge in [0.2, 0.25) is 0 Å². The molecule has 5 heteroatoms. The Bertz CT molecular complexity index is 1360. The Labute approximate surface area is 186 Å². The van der Waals surface area contributed by atoms with Crippen LogP contribution in [-0.4, -0.2) is 20.4 Å². The lowest BCUT2D eigenvalue weighted by Gasteiger charge is -2.16. The van der Waals surface area contributed by atoms with E-state index in [2.05, 4.69) is 10.3 Å². The maximum atomic E-state index is 13.3. The molecule has 0 aliphatic heterocycles. The standard InChI is InChI=1S/C27H22N4O/c1-19(20-11-13-22(14-12-20)31-16-15-28-18-31)29-27(32)24-17-26(21-7-3-2-4-8-21)30-25-10-6-5-9-23(24)25/h2-19H,1H3,(H,29,32). The fourth-order valence-electron chi connectivity index (χ4n) is 3.82. The summed E-state index contributed by atoms with van der Waals surface area (Å²) in [6, 6.07) is 27.5. The molecule has 0 fully saturated rings. The smallest absolute Gasteiger partial charge is 0.252 e. The number of hydrogen-bond donors (Lipinski definition) is 1. The Kier molecular flexibility index (Phi) is 5.22. The number of imidazole rings is 1. The quantitative estimate of drug-likeness (QED) is 0.405. The number of carbonyl (C=O) groups is 1. The van der Waals surface area contributed by atoms with E-state index < -0.39 is 0 Å². The van der Waals surface area contributed by atoms with Crippen LogP contribution in [0, 0.1) is 0 Å². The third kappa shape index (κ3) is 3.88. The summed E-state index contributed by atoms with van der Waals surface area (Å²) in [4.78, 5) is 22.2. The highest BCUT2D eigenvalue weighted by Gasteiger charge is 2.16. The maximum Gasteiger partial charge on any atom is 0.252 e. The van der Waals surface area contributed by atoms with Crippen LogP contribution in [0.2, 0.25) is 0 Å². The van der Waals surface area contributed by atoms with E-state index in [1.807, 2.05) is 103 Å². The van der Waals surface area contributed by atoms with Crippen molar-refractivity contribution in [2.24, 2.45) is 0 Å². The number of fused-ring (bicyclic) bond motifs is 1. The highest BCUT2D eigenvalue weighted by Crippen LogP contribution is 2.25. The maximum absolute atomic E-state index is 13.3. The molecule has 0 aliphatic rings. The second-order valence-corrected chi connectivity index (χ2v) is 7.69. The molecule has 156 valence electrons. The Morgan fingerprint density at radius 2 is 1.69 bits per heavy atom. The van der Waals surface area contributed by atoms with E-state index in [1.165, 1.54) is 0 Å². The topological polar surface area (TPSA) is 59.8 Å². The van der Waals surface area contributed by atoms with Crippen LogP contribution >= 0.6 is 0 Å². The number of hydrogen-bond acceptors (Lipinski definition) is 3. The van der Waals surface area contributed by atoms with Crippen LogP contribution in [-0.2, 0) is 0 Å². The molecule has 2 heterocycles. The number of pyridine rings is 1. The predicted octanol–water partition coefficient (Wildman–Crippen LogP) is 5.58. The Hall–Kier alpha value is -4.25. The number of nitrogens with one attached hydrogen (secondary N) is 1. The van der Waals surface area contributed by atoms with Gasteiger partial charge in [0, 0.05) is 29.0 Å². The minimum Gasteiger partial charge on any atom is -0.345 e. The molecule has 5 aromatic rings. The summed E-state index contributed by atoms with van der Waals surface area (Å²) >= 11 is 0. The molecule has 0 saturated carbocycles. The first-order valence-electron chi connectivity index (χ1n) is 10.5. The molecule has 1 N–H and O–H groups in total. The summed E-state index contributed by atoms with van der Waals surface area (Å²) in [5.41, 5.74) is 5.25. The molecule has 1 unspecified atom stereocenters. The van der Waals surface area contributed by atoms with E-state index in [1.54, 1.807) is 12.5 Å². The van der Waals surface area contributed by atoms with Crippen LogP contribution in [0.15, 0.2) is 104 Å². The van der Waals surface area contributed by atoms with E-state index in [4.69, 9.17) is 4.98 Å². The average Bonchev–Trinajstić information content (AvgIpc) is 3.39. The summed E-state index contributed by atoms with van der Waals surface area (Å²) in [7, 11) is 0. The zero-order valence-corrected chi connectivity index (χ0v) is 17.6. The number of nitrogens with zero attached hydrogens (tertiary/aromatic N) is 3. The Balaban J connectivity index is 1.44. The molecule has 5 nitrogen and oxygen atoms in total. The van der Waals surface area contributed by atoms with Gasteiger partial charge in [0.25, 0.3) is 5.91 Å². The zero-order chi connectivity index (χ0) is 21.9. The van der Waals surface area contributed by atoms with Gasteiger partial charge in [0.15, 0.2) is 0 Å². The monoisotopic (exact) mass is 418 g/mol. The van der Waals surface area contributed by atoms with E-state index in [0.29, 0.717) is 5.56 Å². The molecule has 0 radical (unpaired) electrons. The molecule has 1 amide bonds. The van der Waals surface area contributed by atoms with Crippen molar-refractivity contribution in [3.05, 3.63) is 115 Å². The van der Waals surface area contributed by atoms with E-state index >= 15 is 0 Å². The van der Waals surface area contributed by atoms with Gasteiger partial charge in [-0.3, -0.25) is 4.79 Å². The normalized spacial score (nSPS) is 11.9. The molecule has 0 saturated heterocycles. The van der Waals surface area contributed by atoms with Gasteiger partial charge in [0.1, 0.15) is 0 Å². The molecule has 3 aromatic carbocycles. The van der Waals surface area contributed by atoms with Crippen LogP contribution in [0.5, 0.6) is 0 Å². The number of amides is 1. The first-order chi connectivity index (χ1) is 15.7. The van der Waals surface area contributed by atoms with Crippen molar-refractivity contribution in [2.75, 3.05) is 0 Å². The van der Waals surface area contributed by atoms with Crippen molar-refractivity contribution < 1.29 is 4.79 Å². The number of aromatic nitrogens is 3. The van der Waals surface area contributed by atoms with Gasteiger partial charge in [-0.05, 0) is 36.8 Å². The zero-order valence-electron chi connectivity index (χ0n) is 17.6. The van der Waals surface area contributed by atoms with Crippen LogP contribution in [0.3, 0.4) is 0 Å². The average molecular weight is 419 g/mol. The summed E-state index contributed by atoms with van der Waals surface area (Å²) in [6.45, 7) is 1.99. The van der Waals surface area contributed by atoms with Gasteiger partial charge >= 0.3 is 0 Å². The van der Waals surface area contributed by atoms with Gasteiger partial charge < -0.3 is 9.88 Å². The molecule has 0 bridgehead atoms. The van der Waals surface area contributed by atoms with Crippen molar-refractivity contribution >= 4 is 16.8 Å². The van der Waals surface area contributed by atoms with E-state index in [-0.39, 0.29) is 11.9 Å². The lowest BCUT2D eigenvalue weighted by Crippen LogP contribution is -2.27. The van der Waals surface area contributed by atoms with Gasteiger partial charge in [0.05, 0.1) is 29.1 Å². The van der Waals surface area contributed by atoms with Crippen LogP contribution in [0.25, 0.3) is 27.8 Å². The summed E-state index contributed by atoms with van der Waals surface area (Å²) in [6.07, 6.45) is 5.41. The predicted molar refractivity (Wildman–Crippen MR) is 127 cm³/mol. The summed E-state index contributed by atoms with van der Waals surface area (Å²) in [5.74, 6) is -0.119. The first kappa shape index (κ1) is 19.7. The van der Waals surface area contributed by atoms with Crippen molar-refractivity contribution in [1.82, 2.24) is 19.9 Å². The minimum absolute atomic E-state index is 0.119. The van der Waals surface area contributed by atoms with Crippen LogP contribution < -0.4 is 5.32 Å². The second-order valence-electron chi connectivity index (χ2n) is 7.69. The van der Waals surface area contributed by atoms with Crippen molar-refractivity contribution in [1.29, 1.82) is 0 Å². The van der Waals surface area contributed by atoms with Gasteiger partial charge in [-0.2, -0.15) is 0 Å². The summed E-state index contributed by atoms with van der Waals surface area (Å²) in [5, 5.41) is 3.99.